The van der Waals surface area contributed by atoms with Gasteiger partial charge in [-0.1, -0.05) is 68.3 Å². The second-order valence-corrected chi connectivity index (χ2v) is 7.84. The van der Waals surface area contributed by atoms with Gasteiger partial charge in [0.25, 0.3) is 0 Å². The number of nitrogens with zero attached hydrogens (tertiary/aromatic N) is 4. The Morgan fingerprint density at radius 3 is 2.71 bits per heavy atom. The van der Waals surface area contributed by atoms with Crippen molar-refractivity contribution in [2.45, 2.75) is 23.6 Å². The molecular formula is C18H14Br2N4. The van der Waals surface area contributed by atoms with Crippen LogP contribution in [0.25, 0.3) is 16.7 Å². The van der Waals surface area contributed by atoms with Crippen LogP contribution in [-0.2, 0) is 0 Å². The van der Waals surface area contributed by atoms with Gasteiger partial charge in [-0.05, 0) is 18.4 Å². The lowest BCUT2D eigenvalue weighted by atomic mass is 9.92. The van der Waals surface area contributed by atoms with Gasteiger partial charge in [0.15, 0.2) is 5.65 Å². The molecule has 0 radical (unpaired) electrons. The van der Waals surface area contributed by atoms with Gasteiger partial charge in [0.1, 0.15) is 11.8 Å². The first-order valence-electron chi connectivity index (χ1n) is 7.75. The number of alkyl halides is 1. The van der Waals surface area contributed by atoms with Crippen LogP contribution >= 0.6 is 31.9 Å². The second-order valence-electron chi connectivity index (χ2n) is 5.75. The zero-order valence-electron chi connectivity index (χ0n) is 12.7. The summed E-state index contributed by atoms with van der Waals surface area (Å²) in [5.41, 5.74) is 4.37. The third kappa shape index (κ3) is 3.13. The Morgan fingerprint density at radius 1 is 1.04 bits per heavy atom. The predicted molar refractivity (Wildman–Crippen MR) is 103 cm³/mol. The predicted octanol–water partition coefficient (Wildman–Crippen LogP) is 4.85. The lowest BCUT2D eigenvalue weighted by Crippen LogP contribution is -2.09. The van der Waals surface area contributed by atoms with Crippen LogP contribution in [0.5, 0.6) is 0 Å². The molecule has 4 nitrogen and oxygen atoms in total. The highest BCUT2D eigenvalue weighted by molar-refractivity contribution is 9.11. The molecular weight excluding hydrogens is 432 g/mol. The molecule has 0 bridgehead atoms. The molecule has 2 heterocycles. The van der Waals surface area contributed by atoms with Gasteiger partial charge >= 0.3 is 0 Å². The average Bonchev–Trinajstić information content (AvgIpc) is 2.62. The minimum atomic E-state index is 0.203. The minimum Gasteiger partial charge on any atom is -0.245 e. The van der Waals surface area contributed by atoms with Gasteiger partial charge in [-0.25, -0.2) is 19.9 Å². The molecule has 2 aliphatic carbocycles. The molecule has 0 spiro atoms. The van der Waals surface area contributed by atoms with Crippen molar-refractivity contribution < 1.29 is 0 Å². The molecule has 6 heteroatoms. The molecule has 2 aliphatic rings. The van der Waals surface area contributed by atoms with E-state index in [0.717, 1.165) is 39.8 Å². The maximum absolute atomic E-state index is 4.85. The number of rotatable bonds is 2. The van der Waals surface area contributed by atoms with Crippen LogP contribution in [0.15, 0.2) is 53.5 Å². The molecule has 120 valence electrons. The van der Waals surface area contributed by atoms with E-state index in [0.29, 0.717) is 10.5 Å². The molecule has 0 aromatic carbocycles. The van der Waals surface area contributed by atoms with Gasteiger partial charge in [-0.2, -0.15) is 0 Å². The Bertz CT molecular complexity index is 914. The maximum atomic E-state index is 4.85. The standard InChI is InChI=1S/C18H14Br2N4/c19-13-5-1-11(2-6-13)16-17(12-3-7-14(20)8-4-12)24-18-15(23-16)9-21-10-22-18/h1,3-7,9-11,14H,2,8H2. The van der Waals surface area contributed by atoms with Gasteiger partial charge in [0.05, 0.1) is 17.6 Å². The third-order valence-electron chi connectivity index (χ3n) is 4.10. The highest BCUT2D eigenvalue weighted by atomic mass is 79.9. The van der Waals surface area contributed by atoms with Crippen molar-refractivity contribution >= 4 is 48.6 Å². The molecule has 2 aromatic heterocycles. The lowest BCUT2D eigenvalue weighted by Gasteiger charge is -2.19. The van der Waals surface area contributed by atoms with Crippen LogP contribution < -0.4 is 0 Å². The van der Waals surface area contributed by atoms with E-state index in [1.807, 2.05) is 0 Å². The first kappa shape index (κ1) is 15.8. The summed E-state index contributed by atoms with van der Waals surface area (Å²) in [4.78, 5) is 18.4. The smallest absolute Gasteiger partial charge is 0.181 e. The zero-order chi connectivity index (χ0) is 16.5. The fraction of sp³-hybridized carbons (Fsp3) is 0.222. The van der Waals surface area contributed by atoms with Crippen LogP contribution in [0.3, 0.4) is 0 Å². The lowest BCUT2D eigenvalue weighted by molar-refractivity contribution is 0.806. The van der Waals surface area contributed by atoms with Crippen LogP contribution in [0, 0.1) is 0 Å². The van der Waals surface area contributed by atoms with Crippen LogP contribution in [-0.4, -0.2) is 24.8 Å². The van der Waals surface area contributed by atoms with E-state index in [1.54, 1.807) is 6.20 Å². The van der Waals surface area contributed by atoms with Crippen LogP contribution in [0.4, 0.5) is 0 Å². The topological polar surface area (TPSA) is 51.6 Å². The summed E-state index contributed by atoms with van der Waals surface area (Å²) in [5.74, 6) is 0.203. The average molecular weight is 446 g/mol. The minimum absolute atomic E-state index is 0.203. The summed E-state index contributed by atoms with van der Waals surface area (Å²) in [6.45, 7) is 0. The van der Waals surface area contributed by atoms with Gasteiger partial charge in [0.2, 0.25) is 0 Å². The summed E-state index contributed by atoms with van der Waals surface area (Å²) in [7, 11) is 0. The third-order valence-corrected chi connectivity index (χ3v) is 5.37. The molecule has 0 saturated heterocycles. The summed E-state index contributed by atoms with van der Waals surface area (Å²) >= 11 is 7.14. The molecule has 24 heavy (non-hydrogen) atoms. The Labute approximate surface area is 156 Å². The monoisotopic (exact) mass is 444 g/mol. The first-order valence-corrected chi connectivity index (χ1v) is 9.46. The Balaban J connectivity index is 1.85. The van der Waals surface area contributed by atoms with Crippen molar-refractivity contribution in [2.75, 3.05) is 0 Å². The molecule has 0 aliphatic heterocycles. The molecule has 0 N–H and O–H groups in total. The number of fused-ring (bicyclic) bond motifs is 1. The molecule has 4 rings (SSSR count). The van der Waals surface area contributed by atoms with Crippen molar-refractivity contribution in [1.82, 2.24) is 19.9 Å². The molecule has 2 atom stereocenters. The molecule has 2 unspecified atom stereocenters. The maximum Gasteiger partial charge on any atom is 0.181 e. The van der Waals surface area contributed by atoms with E-state index < -0.39 is 0 Å². The number of hydrogen-bond acceptors (Lipinski definition) is 4. The zero-order valence-corrected chi connectivity index (χ0v) is 15.9. The highest BCUT2D eigenvalue weighted by Crippen LogP contribution is 2.34. The largest absolute Gasteiger partial charge is 0.245 e. The number of halogens is 2. The van der Waals surface area contributed by atoms with Gasteiger partial charge in [0, 0.05) is 15.2 Å². The summed E-state index contributed by atoms with van der Waals surface area (Å²) in [6.07, 6.45) is 18.0. The van der Waals surface area contributed by atoms with Crippen LogP contribution in [0.1, 0.15) is 30.1 Å². The van der Waals surface area contributed by atoms with Crippen molar-refractivity contribution in [3.8, 4) is 0 Å². The fourth-order valence-electron chi connectivity index (χ4n) is 2.86. The molecule has 0 saturated carbocycles. The number of aromatic nitrogens is 4. The van der Waals surface area contributed by atoms with Crippen molar-refractivity contribution in [1.29, 1.82) is 0 Å². The molecule has 0 fully saturated rings. The summed E-state index contributed by atoms with van der Waals surface area (Å²) in [6, 6.07) is 0. The summed E-state index contributed by atoms with van der Waals surface area (Å²) in [5, 5.41) is 0. The van der Waals surface area contributed by atoms with Crippen molar-refractivity contribution in [3.63, 3.8) is 0 Å². The number of hydrogen-bond donors (Lipinski definition) is 0. The van der Waals surface area contributed by atoms with Gasteiger partial charge in [-0.3, -0.25) is 0 Å². The van der Waals surface area contributed by atoms with E-state index in [4.69, 9.17) is 9.97 Å². The Kier molecular flexibility index (Phi) is 4.41. The van der Waals surface area contributed by atoms with E-state index in [2.05, 4.69) is 78.3 Å². The van der Waals surface area contributed by atoms with Crippen LogP contribution in [0.2, 0.25) is 0 Å². The van der Waals surface area contributed by atoms with E-state index in [1.165, 1.54) is 6.33 Å². The second kappa shape index (κ2) is 6.69. The van der Waals surface area contributed by atoms with E-state index in [-0.39, 0.29) is 5.92 Å². The Hall–Kier alpha value is -1.66. The summed E-state index contributed by atoms with van der Waals surface area (Å²) < 4.78 is 1.11. The number of allylic oxidation sites excluding steroid dienone is 8. The highest BCUT2D eigenvalue weighted by Gasteiger charge is 2.21. The molecule has 2 aromatic rings. The Morgan fingerprint density at radius 2 is 1.96 bits per heavy atom. The first-order chi connectivity index (χ1) is 11.7. The van der Waals surface area contributed by atoms with Crippen molar-refractivity contribution in [2.24, 2.45) is 0 Å². The van der Waals surface area contributed by atoms with E-state index in [9.17, 15) is 0 Å². The fourth-order valence-corrected chi connectivity index (χ4v) is 3.54. The molecule has 0 amide bonds. The normalized spacial score (nSPS) is 23.2. The van der Waals surface area contributed by atoms with E-state index >= 15 is 0 Å². The SMILES string of the molecule is BrC1=CCC(c2nc3cncnc3nc2C2=CCC(Br)C=C2)C=C1. The quantitative estimate of drug-likeness (QED) is 0.620. The van der Waals surface area contributed by atoms with Gasteiger partial charge < -0.3 is 0 Å². The van der Waals surface area contributed by atoms with Crippen molar-refractivity contribution in [3.05, 3.63) is 64.9 Å². The van der Waals surface area contributed by atoms with Gasteiger partial charge in [-0.15, -0.1) is 0 Å².